The summed E-state index contributed by atoms with van der Waals surface area (Å²) in [5, 5.41) is 0. The minimum atomic E-state index is 0.146. The quantitative estimate of drug-likeness (QED) is 0.772. The molecule has 3 rings (SSSR count). The number of ether oxygens (including phenoxy) is 2. The highest BCUT2D eigenvalue weighted by Gasteiger charge is 2.14. The van der Waals surface area contributed by atoms with Crippen LogP contribution in [0.25, 0.3) is 22.4 Å². The molecule has 3 aromatic rings. The number of hydrogen-bond acceptors (Lipinski definition) is 3. The number of benzene rings is 2. The number of methoxy groups -OCH3 is 2. The highest BCUT2D eigenvalue weighted by Crippen LogP contribution is 2.33. The normalized spacial score (nSPS) is 11.7. The van der Waals surface area contributed by atoms with Crippen molar-refractivity contribution in [1.29, 1.82) is 0 Å². The molecule has 0 amide bonds. The summed E-state index contributed by atoms with van der Waals surface area (Å²) in [6.45, 7) is 6.63. The summed E-state index contributed by atoms with van der Waals surface area (Å²) in [5.41, 5.74) is 4.30. The molecule has 0 atom stereocenters. The average Bonchev–Trinajstić information content (AvgIpc) is 2.95. The van der Waals surface area contributed by atoms with Gasteiger partial charge >= 0.3 is 0 Å². The van der Waals surface area contributed by atoms with Gasteiger partial charge < -0.3 is 14.5 Å². The van der Waals surface area contributed by atoms with E-state index >= 15 is 0 Å². The lowest BCUT2D eigenvalue weighted by Crippen LogP contribution is -2.10. The molecular formula is C19H22N2O2. The van der Waals surface area contributed by atoms with Crippen LogP contribution in [0.4, 0.5) is 0 Å². The molecular weight excluding hydrogens is 288 g/mol. The van der Waals surface area contributed by atoms with Crippen LogP contribution in [0.2, 0.25) is 0 Å². The van der Waals surface area contributed by atoms with Gasteiger partial charge in [-0.3, -0.25) is 0 Å². The van der Waals surface area contributed by atoms with Crippen molar-refractivity contribution in [3.63, 3.8) is 0 Å². The summed E-state index contributed by atoms with van der Waals surface area (Å²) in [6, 6.07) is 12.3. The van der Waals surface area contributed by atoms with Crippen LogP contribution in [0.5, 0.6) is 11.5 Å². The van der Waals surface area contributed by atoms with E-state index in [9.17, 15) is 0 Å². The highest BCUT2D eigenvalue weighted by atomic mass is 16.5. The van der Waals surface area contributed by atoms with Gasteiger partial charge in [0.1, 0.15) is 5.82 Å². The van der Waals surface area contributed by atoms with Gasteiger partial charge in [0.2, 0.25) is 0 Å². The molecule has 23 heavy (non-hydrogen) atoms. The van der Waals surface area contributed by atoms with Crippen LogP contribution < -0.4 is 9.47 Å². The summed E-state index contributed by atoms with van der Waals surface area (Å²) < 4.78 is 10.7. The van der Waals surface area contributed by atoms with Crippen LogP contribution in [0.1, 0.15) is 26.3 Å². The second-order valence-electron chi connectivity index (χ2n) is 6.64. The molecule has 0 bridgehead atoms. The van der Waals surface area contributed by atoms with Crippen LogP contribution in [0.3, 0.4) is 0 Å². The summed E-state index contributed by atoms with van der Waals surface area (Å²) in [7, 11) is 3.26. The van der Waals surface area contributed by atoms with Crippen molar-refractivity contribution < 1.29 is 9.47 Å². The Morgan fingerprint density at radius 3 is 2.09 bits per heavy atom. The molecule has 0 fully saturated rings. The van der Waals surface area contributed by atoms with E-state index in [4.69, 9.17) is 9.47 Å². The minimum Gasteiger partial charge on any atom is -0.493 e. The monoisotopic (exact) mass is 310 g/mol. The number of aromatic amines is 1. The Bertz CT molecular complexity index is 786. The molecule has 4 heteroatoms. The second kappa shape index (κ2) is 5.61. The van der Waals surface area contributed by atoms with Crippen LogP contribution >= 0.6 is 0 Å². The molecule has 120 valence electrons. The molecule has 4 nitrogen and oxygen atoms in total. The molecule has 0 saturated carbocycles. The molecule has 0 unspecified atom stereocenters. The number of hydrogen-bond donors (Lipinski definition) is 1. The van der Waals surface area contributed by atoms with E-state index < -0.39 is 0 Å². The van der Waals surface area contributed by atoms with Gasteiger partial charge in [0.15, 0.2) is 11.5 Å². The Labute approximate surface area is 136 Å². The minimum absolute atomic E-state index is 0.146. The van der Waals surface area contributed by atoms with Crippen molar-refractivity contribution in [3.8, 4) is 22.9 Å². The number of imidazole rings is 1. The van der Waals surface area contributed by atoms with Gasteiger partial charge in [-0.2, -0.15) is 0 Å². The number of rotatable bonds is 3. The maximum Gasteiger partial charge on any atom is 0.163 e. The number of aromatic nitrogens is 2. The molecule has 2 aromatic carbocycles. The van der Waals surface area contributed by atoms with Crippen molar-refractivity contribution in [2.24, 2.45) is 0 Å². The lowest BCUT2D eigenvalue weighted by molar-refractivity contribution is 0.356. The van der Waals surface area contributed by atoms with E-state index in [0.717, 1.165) is 22.4 Å². The Kier molecular flexibility index (Phi) is 3.76. The van der Waals surface area contributed by atoms with E-state index in [2.05, 4.69) is 55.0 Å². The van der Waals surface area contributed by atoms with Gasteiger partial charge in [0.25, 0.3) is 0 Å². The first-order chi connectivity index (χ1) is 10.9. The third-order valence-electron chi connectivity index (χ3n) is 4.01. The van der Waals surface area contributed by atoms with Crippen molar-refractivity contribution in [1.82, 2.24) is 9.97 Å². The van der Waals surface area contributed by atoms with E-state index in [1.807, 2.05) is 12.1 Å². The van der Waals surface area contributed by atoms with Crippen molar-refractivity contribution in [2.45, 2.75) is 26.2 Å². The zero-order chi connectivity index (χ0) is 16.6. The Balaban J connectivity index is 2.03. The number of fused-ring (bicyclic) bond motifs is 1. The first-order valence-corrected chi connectivity index (χ1v) is 7.65. The van der Waals surface area contributed by atoms with E-state index in [1.165, 1.54) is 5.56 Å². The van der Waals surface area contributed by atoms with Gasteiger partial charge in [0.05, 0.1) is 25.3 Å². The van der Waals surface area contributed by atoms with E-state index in [1.54, 1.807) is 14.2 Å². The molecule has 0 saturated heterocycles. The van der Waals surface area contributed by atoms with Gasteiger partial charge in [-0.05, 0) is 11.0 Å². The highest BCUT2D eigenvalue weighted by molar-refractivity contribution is 5.83. The van der Waals surface area contributed by atoms with Crippen LogP contribution in [0, 0.1) is 0 Å². The smallest absolute Gasteiger partial charge is 0.163 e. The molecule has 1 aromatic heterocycles. The fraction of sp³-hybridized carbons (Fsp3) is 0.316. The van der Waals surface area contributed by atoms with Crippen LogP contribution in [0.15, 0.2) is 36.4 Å². The van der Waals surface area contributed by atoms with Gasteiger partial charge in [-0.1, -0.05) is 45.0 Å². The summed E-state index contributed by atoms with van der Waals surface area (Å²) >= 11 is 0. The molecule has 1 heterocycles. The Hall–Kier alpha value is -2.49. The lowest BCUT2D eigenvalue weighted by Gasteiger charge is -2.18. The van der Waals surface area contributed by atoms with Gasteiger partial charge in [-0.25, -0.2) is 4.98 Å². The van der Waals surface area contributed by atoms with Crippen molar-refractivity contribution >= 4 is 11.0 Å². The number of nitrogens with zero attached hydrogens (tertiary/aromatic N) is 1. The summed E-state index contributed by atoms with van der Waals surface area (Å²) in [6.07, 6.45) is 0. The lowest BCUT2D eigenvalue weighted by atomic mass is 9.87. The van der Waals surface area contributed by atoms with Crippen LogP contribution in [-0.4, -0.2) is 24.2 Å². The fourth-order valence-electron chi connectivity index (χ4n) is 2.60. The molecule has 0 aliphatic heterocycles. The standard InChI is InChI=1S/C19H22N2O2/c1-19(2,3)13-8-6-12(7-9-13)18-20-14-10-16(22-4)17(23-5)11-15(14)21-18/h6-11H,1-5H3,(H,20,21). The van der Waals surface area contributed by atoms with E-state index in [0.29, 0.717) is 11.5 Å². The maximum atomic E-state index is 5.34. The van der Waals surface area contributed by atoms with E-state index in [-0.39, 0.29) is 5.41 Å². The predicted octanol–water partition coefficient (Wildman–Crippen LogP) is 4.54. The van der Waals surface area contributed by atoms with Gasteiger partial charge in [0, 0.05) is 17.7 Å². The third kappa shape index (κ3) is 2.89. The van der Waals surface area contributed by atoms with Crippen molar-refractivity contribution in [2.75, 3.05) is 14.2 Å². The first-order valence-electron chi connectivity index (χ1n) is 7.65. The maximum absolute atomic E-state index is 5.34. The molecule has 1 N–H and O–H groups in total. The second-order valence-corrected chi connectivity index (χ2v) is 6.64. The summed E-state index contributed by atoms with van der Waals surface area (Å²) in [5.74, 6) is 2.22. The summed E-state index contributed by atoms with van der Waals surface area (Å²) in [4.78, 5) is 8.02. The number of H-pyrrole nitrogens is 1. The fourth-order valence-corrected chi connectivity index (χ4v) is 2.60. The number of nitrogens with one attached hydrogen (secondary N) is 1. The molecule has 0 radical (unpaired) electrons. The molecule has 0 aliphatic rings. The van der Waals surface area contributed by atoms with Crippen LogP contribution in [-0.2, 0) is 5.41 Å². The molecule has 0 aliphatic carbocycles. The Morgan fingerprint density at radius 1 is 0.913 bits per heavy atom. The SMILES string of the molecule is COc1cc2nc(-c3ccc(C(C)(C)C)cc3)[nH]c2cc1OC. The zero-order valence-corrected chi connectivity index (χ0v) is 14.2. The zero-order valence-electron chi connectivity index (χ0n) is 14.2. The topological polar surface area (TPSA) is 47.1 Å². The first kappa shape index (κ1) is 15.4. The van der Waals surface area contributed by atoms with Crippen molar-refractivity contribution in [3.05, 3.63) is 42.0 Å². The predicted molar refractivity (Wildman–Crippen MR) is 93.3 cm³/mol. The average molecular weight is 310 g/mol. The van der Waals surface area contributed by atoms with Gasteiger partial charge in [-0.15, -0.1) is 0 Å². The third-order valence-corrected chi connectivity index (χ3v) is 4.01. The Morgan fingerprint density at radius 2 is 1.52 bits per heavy atom. The largest absolute Gasteiger partial charge is 0.493 e. The molecule has 0 spiro atoms.